The van der Waals surface area contributed by atoms with E-state index in [1.54, 1.807) is 13.2 Å². The molecule has 0 aliphatic heterocycles. The number of hydrogen-bond acceptors (Lipinski definition) is 6. The van der Waals surface area contributed by atoms with Crippen molar-refractivity contribution < 1.29 is 14.3 Å². The fraction of sp³-hybridized carbons (Fsp3) is 0.227. The summed E-state index contributed by atoms with van der Waals surface area (Å²) in [5.74, 6) is 2.25. The molecule has 0 radical (unpaired) electrons. The maximum Gasteiger partial charge on any atom is 0.234 e. The molecule has 3 aromatic rings. The Kier molecular flexibility index (Phi) is 7.51. The van der Waals surface area contributed by atoms with E-state index in [2.05, 4.69) is 22.1 Å². The predicted octanol–water partition coefficient (Wildman–Crippen LogP) is 4.09. The smallest absolute Gasteiger partial charge is 0.234 e. The van der Waals surface area contributed by atoms with Crippen LogP contribution in [0.25, 0.3) is 0 Å². The van der Waals surface area contributed by atoms with E-state index in [1.807, 2.05) is 60.0 Å². The van der Waals surface area contributed by atoms with E-state index in [-0.39, 0.29) is 18.3 Å². The second kappa shape index (κ2) is 10.5. The predicted molar refractivity (Wildman–Crippen MR) is 118 cm³/mol. The van der Waals surface area contributed by atoms with Gasteiger partial charge in [0.25, 0.3) is 0 Å². The Balaban J connectivity index is 1.61. The van der Waals surface area contributed by atoms with Crippen LogP contribution < -0.4 is 14.8 Å². The highest BCUT2D eigenvalue weighted by Gasteiger charge is 2.14. The summed E-state index contributed by atoms with van der Waals surface area (Å²) in [6.45, 7) is 6.53. The van der Waals surface area contributed by atoms with E-state index < -0.39 is 0 Å². The standard InChI is InChI=1S/C22H24N4O3S/c1-4-13-26-20(14-29-18-11-9-17(28-3)10-12-18)24-25-22(26)30-15-21(27)23-19-8-6-5-7-16(19)2/h4-12H,1,13-15H2,2-3H3,(H,23,27). The molecule has 156 valence electrons. The third kappa shape index (κ3) is 5.64. The van der Waals surface area contributed by atoms with Crippen LogP contribution in [0.5, 0.6) is 11.5 Å². The number of nitrogens with one attached hydrogen (secondary N) is 1. The SMILES string of the molecule is C=CCn1c(COc2ccc(OC)cc2)nnc1SCC(=O)Nc1ccccc1C. The minimum Gasteiger partial charge on any atom is -0.497 e. The van der Waals surface area contributed by atoms with Gasteiger partial charge in [0, 0.05) is 12.2 Å². The van der Waals surface area contributed by atoms with Gasteiger partial charge in [-0.3, -0.25) is 9.36 Å². The number of thioether (sulfide) groups is 1. The average Bonchev–Trinajstić information content (AvgIpc) is 3.14. The van der Waals surface area contributed by atoms with Gasteiger partial charge in [0.05, 0.1) is 12.9 Å². The van der Waals surface area contributed by atoms with Crippen molar-refractivity contribution in [2.75, 3.05) is 18.2 Å². The lowest BCUT2D eigenvalue weighted by Crippen LogP contribution is -2.15. The summed E-state index contributed by atoms with van der Waals surface area (Å²) in [6.07, 6.45) is 1.76. The van der Waals surface area contributed by atoms with Gasteiger partial charge >= 0.3 is 0 Å². The number of carbonyl (C=O) groups excluding carboxylic acids is 1. The lowest BCUT2D eigenvalue weighted by atomic mass is 10.2. The van der Waals surface area contributed by atoms with Crippen LogP contribution in [-0.4, -0.2) is 33.5 Å². The Hall–Kier alpha value is -3.26. The molecule has 0 saturated carbocycles. The lowest BCUT2D eigenvalue weighted by Gasteiger charge is -2.10. The Labute approximate surface area is 180 Å². The van der Waals surface area contributed by atoms with E-state index in [1.165, 1.54) is 11.8 Å². The molecule has 0 spiro atoms. The average molecular weight is 425 g/mol. The van der Waals surface area contributed by atoms with E-state index in [4.69, 9.17) is 9.47 Å². The minimum absolute atomic E-state index is 0.0986. The van der Waals surface area contributed by atoms with Crippen molar-refractivity contribution in [3.8, 4) is 11.5 Å². The lowest BCUT2D eigenvalue weighted by molar-refractivity contribution is -0.113. The number of methoxy groups -OCH3 is 1. The molecule has 3 rings (SSSR count). The van der Waals surface area contributed by atoms with Crippen molar-refractivity contribution in [3.05, 3.63) is 72.6 Å². The molecular formula is C22H24N4O3S. The fourth-order valence-electron chi connectivity index (χ4n) is 2.69. The first-order chi connectivity index (χ1) is 14.6. The number of ether oxygens (including phenoxy) is 2. The maximum absolute atomic E-state index is 12.3. The van der Waals surface area contributed by atoms with Gasteiger partial charge in [0.2, 0.25) is 5.91 Å². The summed E-state index contributed by atoms with van der Waals surface area (Å²) in [4.78, 5) is 12.3. The number of nitrogens with zero attached hydrogens (tertiary/aromatic N) is 3. The number of anilines is 1. The molecule has 0 unspecified atom stereocenters. The van der Waals surface area contributed by atoms with Gasteiger partial charge in [0.1, 0.15) is 18.1 Å². The molecular weight excluding hydrogens is 400 g/mol. The number of para-hydroxylation sites is 1. The highest BCUT2D eigenvalue weighted by Crippen LogP contribution is 2.21. The first-order valence-electron chi connectivity index (χ1n) is 9.39. The van der Waals surface area contributed by atoms with Crippen molar-refractivity contribution in [1.29, 1.82) is 0 Å². The molecule has 0 saturated heterocycles. The molecule has 1 amide bonds. The fourth-order valence-corrected chi connectivity index (χ4v) is 3.46. The van der Waals surface area contributed by atoms with Gasteiger partial charge in [-0.2, -0.15) is 0 Å². The second-order valence-corrected chi connectivity index (χ2v) is 7.36. The van der Waals surface area contributed by atoms with E-state index >= 15 is 0 Å². The normalized spacial score (nSPS) is 10.5. The zero-order valence-electron chi connectivity index (χ0n) is 17.0. The molecule has 0 atom stereocenters. The summed E-state index contributed by atoms with van der Waals surface area (Å²) in [5, 5.41) is 12.0. The molecule has 1 aromatic heterocycles. The minimum atomic E-state index is -0.0986. The number of amides is 1. The van der Waals surface area contributed by atoms with Crippen LogP contribution in [0.15, 0.2) is 66.3 Å². The van der Waals surface area contributed by atoms with Crippen LogP contribution in [0.2, 0.25) is 0 Å². The van der Waals surface area contributed by atoms with Gasteiger partial charge in [-0.15, -0.1) is 16.8 Å². The Morgan fingerprint density at radius 1 is 1.17 bits per heavy atom. The summed E-state index contributed by atoms with van der Waals surface area (Å²) in [7, 11) is 1.62. The van der Waals surface area contributed by atoms with Gasteiger partial charge in [-0.1, -0.05) is 36.0 Å². The number of benzene rings is 2. The number of allylic oxidation sites excluding steroid dienone is 1. The van der Waals surface area contributed by atoms with Gasteiger partial charge < -0.3 is 14.8 Å². The van der Waals surface area contributed by atoms with Crippen LogP contribution in [0.1, 0.15) is 11.4 Å². The van der Waals surface area contributed by atoms with Crippen molar-refractivity contribution in [3.63, 3.8) is 0 Å². The van der Waals surface area contributed by atoms with E-state index in [0.717, 1.165) is 17.0 Å². The van der Waals surface area contributed by atoms with E-state index in [0.29, 0.717) is 23.3 Å². The highest BCUT2D eigenvalue weighted by molar-refractivity contribution is 7.99. The summed E-state index contributed by atoms with van der Waals surface area (Å²) in [6, 6.07) is 15.0. The molecule has 0 bridgehead atoms. The maximum atomic E-state index is 12.3. The molecule has 30 heavy (non-hydrogen) atoms. The van der Waals surface area contributed by atoms with E-state index in [9.17, 15) is 4.79 Å². The third-order valence-electron chi connectivity index (χ3n) is 4.28. The van der Waals surface area contributed by atoms with Gasteiger partial charge in [-0.25, -0.2) is 0 Å². The number of carbonyl (C=O) groups is 1. The molecule has 7 nitrogen and oxygen atoms in total. The Morgan fingerprint density at radius 3 is 2.60 bits per heavy atom. The number of hydrogen-bond donors (Lipinski definition) is 1. The summed E-state index contributed by atoms with van der Waals surface area (Å²) < 4.78 is 12.8. The number of aromatic nitrogens is 3. The molecule has 2 aromatic carbocycles. The molecule has 0 fully saturated rings. The first-order valence-corrected chi connectivity index (χ1v) is 10.4. The van der Waals surface area contributed by atoms with Gasteiger partial charge in [0.15, 0.2) is 11.0 Å². The molecule has 1 heterocycles. The molecule has 8 heteroatoms. The van der Waals surface area contributed by atoms with Crippen LogP contribution in [0.4, 0.5) is 5.69 Å². The van der Waals surface area contributed by atoms with Gasteiger partial charge in [-0.05, 0) is 42.8 Å². The summed E-state index contributed by atoms with van der Waals surface area (Å²) in [5.41, 5.74) is 1.83. The third-order valence-corrected chi connectivity index (χ3v) is 5.25. The van der Waals surface area contributed by atoms with Crippen molar-refractivity contribution in [2.45, 2.75) is 25.2 Å². The molecule has 0 aliphatic rings. The first kappa shape index (κ1) is 21.4. The number of rotatable bonds is 10. The van der Waals surface area contributed by atoms with Crippen LogP contribution in [0, 0.1) is 6.92 Å². The molecule has 1 N–H and O–H groups in total. The van der Waals surface area contributed by atoms with Crippen LogP contribution >= 0.6 is 11.8 Å². The van der Waals surface area contributed by atoms with Crippen LogP contribution in [0.3, 0.4) is 0 Å². The summed E-state index contributed by atoms with van der Waals surface area (Å²) >= 11 is 1.33. The number of aryl methyl sites for hydroxylation is 1. The zero-order valence-corrected chi connectivity index (χ0v) is 17.8. The van der Waals surface area contributed by atoms with Crippen LogP contribution in [-0.2, 0) is 17.9 Å². The second-order valence-electron chi connectivity index (χ2n) is 6.41. The van der Waals surface area contributed by atoms with Crippen molar-refractivity contribution in [2.24, 2.45) is 0 Å². The Bertz CT molecular complexity index is 1000. The zero-order chi connectivity index (χ0) is 21.3. The molecule has 0 aliphatic carbocycles. The van der Waals surface area contributed by atoms with Crippen molar-refractivity contribution >= 4 is 23.4 Å². The topological polar surface area (TPSA) is 78.3 Å². The van der Waals surface area contributed by atoms with Crippen molar-refractivity contribution in [1.82, 2.24) is 14.8 Å². The monoisotopic (exact) mass is 424 g/mol. The Morgan fingerprint density at radius 2 is 1.90 bits per heavy atom. The highest BCUT2D eigenvalue weighted by atomic mass is 32.2. The quantitative estimate of drug-likeness (QED) is 0.390. The largest absolute Gasteiger partial charge is 0.497 e.